The van der Waals surface area contributed by atoms with E-state index in [2.05, 4.69) is 15.5 Å². The molecular weight excluding hydrogens is 449 g/mol. The van der Waals surface area contributed by atoms with Crippen molar-refractivity contribution in [2.75, 3.05) is 0 Å². The standard InChI is InChI=1S/C26H20FN5OS/c27-21-13-11-18(12-14-21)15-23-25(33)29-26(34-23)30-28-16-20-17-32(22-9-5-2-6-10-22)31-24(20)19-7-3-1-4-8-19/h1-14,16-17,23H,15H2,(H,29,30,33)/b28-16+. The SMILES string of the molecule is O=C1N/C(=N\N=C\c2cn(-c3ccccc3)nc2-c2ccccc2)SC1Cc1ccc(F)cc1. The van der Waals surface area contributed by atoms with E-state index in [0.717, 1.165) is 28.1 Å². The lowest BCUT2D eigenvalue weighted by atomic mass is 10.1. The van der Waals surface area contributed by atoms with Crippen LogP contribution in [0.2, 0.25) is 0 Å². The number of benzene rings is 3. The maximum atomic E-state index is 13.1. The van der Waals surface area contributed by atoms with Crippen LogP contribution in [-0.2, 0) is 11.2 Å². The molecule has 1 aliphatic rings. The number of hydrogen-bond donors (Lipinski definition) is 1. The molecule has 0 spiro atoms. The van der Waals surface area contributed by atoms with E-state index in [0.29, 0.717) is 11.6 Å². The average molecular weight is 470 g/mol. The summed E-state index contributed by atoms with van der Waals surface area (Å²) in [5, 5.41) is 16.1. The number of amidine groups is 1. The summed E-state index contributed by atoms with van der Waals surface area (Å²) in [6, 6.07) is 25.9. The summed E-state index contributed by atoms with van der Waals surface area (Å²) in [4.78, 5) is 12.3. The first kappa shape index (κ1) is 21.8. The molecule has 0 aliphatic carbocycles. The van der Waals surface area contributed by atoms with Gasteiger partial charge in [-0.1, -0.05) is 72.4 Å². The van der Waals surface area contributed by atoms with Crippen molar-refractivity contribution in [3.63, 3.8) is 0 Å². The second kappa shape index (κ2) is 9.84. The molecule has 2 heterocycles. The van der Waals surface area contributed by atoms with E-state index in [4.69, 9.17) is 5.10 Å². The molecule has 168 valence electrons. The molecule has 1 fully saturated rings. The summed E-state index contributed by atoms with van der Waals surface area (Å²) in [6.07, 6.45) is 4.03. The van der Waals surface area contributed by atoms with E-state index in [9.17, 15) is 9.18 Å². The summed E-state index contributed by atoms with van der Waals surface area (Å²) < 4.78 is 14.9. The van der Waals surface area contributed by atoms with Crippen molar-refractivity contribution < 1.29 is 9.18 Å². The van der Waals surface area contributed by atoms with E-state index in [1.165, 1.54) is 23.9 Å². The maximum Gasteiger partial charge on any atom is 0.239 e. The highest BCUT2D eigenvalue weighted by molar-refractivity contribution is 8.15. The average Bonchev–Trinajstić information content (AvgIpc) is 3.45. The number of carbonyl (C=O) groups excluding carboxylic acids is 1. The molecule has 1 N–H and O–H groups in total. The lowest BCUT2D eigenvalue weighted by molar-refractivity contribution is -0.118. The monoisotopic (exact) mass is 469 g/mol. The molecule has 1 aromatic heterocycles. The number of thioether (sulfide) groups is 1. The van der Waals surface area contributed by atoms with Gasteiger partial charge >= 0.3 is 0 Å². The Hall–Kier alpha value is -4.04. The predicted octanol–water partition coefficient (Wildman–Crippen LogP) is 4.84. The minimum atomic E-state index is -0.333. The number of aromatic nitrogens is 2. The van der Waals surface area contributed by atoms with E-state index in [1.54, 1.807) is 18.3 Å². The first-order chi connectivity index (χ1) is 16.7. The zero-order valence-corrected chi connectivity index (χ0v) is 18.8. The van der Waals surface area contributed by atoms with Crippen LogP contribution in [0, 0.1) is 5.82 Å². The Kier molecular flexibility index (Phi) is 6.31. The van der Waals surface area contributed by atoms with Crippen molar-refractivity contribution in [3.8, 4) is 16.9 Å². The lowest BCUT2D eigenvalue weighted by Gasteiger charge is -2.04. The van der Waals surface area contributed by atoms with E-state index < -0.39 is 0 Å². The summed E-state index contributed by atoms with van der Waals surface area (Å²) in [6.45, 7) is 0. The Labute approximate surface area is 200 Å². The van der Waals surface area contributed by atoms with Gasteiger partial charge in [0.15, 0.2) is 5.17 Å². The van der Waals surface area contributed by atoms with E-state index >= 15 is 0 Å². The van der Waals surface area contributed by atoms with Gasteiger partial charge in [0.25, 0.3) is 0 Å². The van der Waals surface area contributed by atoms with Crippen LogP contribution in [0.1, 0.15) is 11.1 Å². The number of amides is 1. The smallest absolute Gasteiger partial charge is 0.239 e. The lowest BCUT2D eigenvalue weighted by Crippen LogP contribution is -2.25. The molecule has 1 saturated heterocycles. The van der Waals surface area contributed by atoms with Gasteiger partial charge in [0.1, 0.15) is 11.5 Å². The molecule has 6 nitrogen and oxygen atoms in total. The minimum absolute atomic E-state index is 0.134. The zero-order chi connectivity index (χ0) is 23.3. The molecule has 3 aromatic carbocycles. The van der Waals surface area contributed by atoms with Crippen molar-refractivity contribution in [1.82, 2.24) is 15.1 Å². The molecule has 4 aromatic rings. The van der Waals surface area contributed by atoms with Gasteiger partial charge in [0.05, 0.1) is 17.2 Å². The van der Waals surface area contributed by atoms with Gasteiger partial charge in [0.2, 0.25) is 5.91 Å². The van der Waals surface area contributed by atoms with Crippen LogP contribution >= 0.6 is 11.8 Å². The zero-order valence-electron chi connectivity index (χ0n) is 18.0. The molecule has 1 unspecified atom stereocenters. The summed E-state index contributed by atoms with van der Waals surface area (Å²) in [5.41, 5.74) is 4.38. The van der Waals surface area contributed by atoms with Crippen LogP contribution in [0.15, 0.2) is 101 Å². The van der Waals surface area contributed by atoms with Crippen LogP contribution < -0.4 is 5.32 Å². The van der Waals surface area contributed by atoms with Gasteiger partial charge in [0, 0.05) is 17.3 Å². The number of carbonyl (C=O) groups is 1. The third-order valence-corrected chi connectivity index (χ3v) is 6.34. The van der Waals surface area contributed by atoms with Crippen LogP contribution in [0.25, 0.3) is 16.9 Å². The molecule has 1 amide bonds. The molecule has 0 radical (unpaired) electrons. The molecule has 5 rings (SSSR count). The Bertz CT molecular complexity index is 1350. The third kappa shape index (κ3) is 4.97. The van der Waals surface area contributed by atoms with Crippen molar-refractivity contribution in [2.45, 2.75) is 11.7 Å². The van der Waals surface area contributed by atoms with Gasteiger partial charge < -0.3 is 5.32 Å². The highest BCUT2D eigenvalue weighted by Gasteiger charge is 2.30. The van der Waals surface area contributed by atoms with Gasteiger partial charge in [-0.3, -0.25) is 4.79 Å². The quantitative estimate of drug-likeness (QED) is 0.324. The van der Waals surface area contributed by atoms with Crippen molar-refractivity contribution in [1.29, 1.82) is 0 Å². The second-order valence-corrected chi connectivity index (χ2v) is 8.85. The van der Waals surface area contributed by atoms with Crippen molar-refractivity contribution >= 4 is 29.1 Å². The number of hydrogen-bond acceptors (Lipinski definition) is 5. The number of para-hydroxylation sites is 1. The number of halogens is 1. The van der Waals surface area contributed by atoms with E-state index in [1.807, 2.05) is 71.5 Å². The Morgan fingerprint density at radius 2 is 1.71 bits per heavy atom. The Balaban J connectivity index is 1.36. The number of nitrogens with zero attached hydrogens (tertiary/aromatic N) is 4. The molecule has 34 heavy (non-hydrogen) atoms. The summed E-state index contributed by atoms with van der Waals surface area (Å²) in [7, 11) is 0. The van der Waals surface area contributed by atoms with Gasteiger partial charge in [-0.2, -0.15) is 10.2 Å². The van der Waals surface area contributed by atoms with Crippen molar-refractivity contribution in [2.24, 2.45) is 10.2 Å². The maximum absolute atomic E-state index is 13.1. The Morgan fingerprint density at radius 1 is 1.00 bits per heavy atom. The predicted molar refractivity (Wildman–Crippen MR) is 134 cm³/mol. The summed E-state index contributed by atoms with van der Waals surface area (Å²) >= 11 is 1.32. The van der Waals surface area contributed by atoms with Crippen LogP contribution in [0.5, 0.6) is 0 Å². The number of nitrogens with one attached hydrogen (secondary N) is 1. The van der Waals surface area contributed by atoms with Gasteiger partial charge in [-0.15, -0.1) is 5.10 Å². The molecule has 1 aliphatic heterocycles. The highest BCUT2D eigenvalue weighted by atomic mass is 32.2. The molecule has 1 atom stereocenters. The molecular formula is C26H20FN5OS. The molecule has 8 heteroatoms. The van der Waals surface area contributed by atoms with Crippen LogP contribution in [-0.4, -0.2) is 32.3 Å². The third-order valence-electron chi connectivity index (χ3n) is 5.27. The van der Waals surface area contributed by atoms with Gasteiger partial charge in [-0.25, -0.2) is 9.07 Å². The normalized spacial score (nSPS) is 16.9. The minimum Gasteiger partial charge on any atom is -0.303 e. The van der Waals surface area contributed by atoms with Crippen LogP contribution in [0.4, 0.5) is 4.39 Å². The molecule has 0 bridgehead atoms. The second-order valence-electron chi connectivity index (χ2n) is 7.66. The molecule has 0 saturated carbocycles. The summed E-state index contributed by atoms with van der Waals surface area (Å²) in [5.74, 6) is -0.431. The highest BCUT2D eigenvalue weighted by Crippen LogP contribution is 2.25. The first-order valence-electron chi connectivity index (χ1n) is 10.7. The fourth-order valence-electron chi connectivity index (χ4n) is 3.58. The Morgan fingerprint density at radius 3 is 2.44 bits per heavy atom. The van der Waals surface area contributed by atoms with Crippen LogP contribution in [0.3, 0.4) is 0 Å². The largest absolute Gasteiger partial charge is 0.303 e. The fourth-order valence-corrected chi connectivity index (χ4v) is 4.54. The topological polar surface area (TPSA) is 71.6 Å². The number of rotatable bonds is 6. The van der Waals surface area contributed by atoms with Gasteiger partial charge in [-0.05, 0) is 36.2 Å². The first-order valence-corrected chi connectivity index (χ1v) is 11.6. The van der Waals surface area contributed by atoms with E-state index in [-0.39, 0.29) is 17.0 Å². The van der Waals surface area contributed by atoms with Crippen molar-refractivity contribution in [3.05, 3.63) is 108 Å². The fraction of sp³-hybridized carbons (Fsp3) is 0.0769.